The molecule has 1 heterocycles. The molecular formula is C14H18BrNO. The molecule has 1 aliphatic rings. The molecule has 0 saturated carbocycles. The molecule has 0 bridgehead atoms. The van der Waals surface area contributed by atoms with E-state index in [-0.39, 0.29) is 5.91 Å². The highest BCUT2D eigenvalue weighted by Crippen LogP contribution is 2.32. The van der Waals surface area contributed by atoms with E-state index in [0.29, 0.717) is 5.92 Å². The van der Waals surface area contributed by atoms with Gasteiger partial charge in [0.2, 0.25) is 5.91 Å². The van der Waals surface area contributed by atoms with Crippen LogP contribution in [0, 0.1) is 5.92 Å². The Labute approximate surface area is 111 Å². The largest absolute Gasteiger partial charge is 0.311 e. The maximum absolute atomic E-state index is 12.4. The molecule has 1 aliphatic heterocycles. The van der Waals surface area contributed by atoms with Gasteiger partial charge in [-0.3, -0.25) is 4.79 Å². The molecule has 0 radical (unpaired) electrons. The molecule has 1 unspecified atom stereocenters. The SMILES string of the molecule is CC1Cc2ccccc2N(C(=O)C(C)(C)Br)C1. The minimum absolute atomic E-state index is 0.136. The monoisotopic (exact) mass is 295 g/mol. The summed E-state index contributed by atoms with van der Waals surface area (Å²) in [4.78, 5) is 14.3. The van der Waals surface area contributed by atoms with Crippen molar-refractivity contribution in [1.29, 1.82) is 0 Å². The number of benzene rings is 1. The van der Waals surface area contributed by atoms with Crippen molar-refractivity contribution < 1.29 is 4.79 Å². The van der Waals surface area contributed by atoms with E-state index < -0.39 is 4.32 Å². The van der Waals surface area contributed by atoms with Crippen molar-refractivity contribution in [1.82, 2.24) is 0 Å². The van der Waals surface area contributed by atoms with Crippen molar-refractivity contribution in [3.8, 4) is 0 Å². The Morgan fingerprint density at radius 2 is 2.06 bits per heavy atom. The highest BCUT2D eigenvalue weighted by Gasteiger charge is 2.33. The summed E-state index contributed by atoms with van der Waals surface area (Å²) in [5, 5.41) is 0. The van der Waals surface area contributed by atoms with Gasteiger partial charge in [-0.25, -0.2) is 0 Å². The average Bonchev–Trinajstić information content (AvgIpc) is 2.25. The van der Waals surface area contributed by atoms with E-state index in [1.165, 1.54) is 5.56 Å². The van der Waals surface area contributed by atoms with Gasteiger partial charge in [0.15, 0.2) is 0 Å². The third kappa shape index (κ3) is 2.54. The number of nitrogens with zero attached hydrogens (tertiary/aromatic N) is 1. The first kappa shape index (κ1) is 12.6. The lowest BCUT2D eigenvalue weighted by Gasteiger charge is -2.36. The Morgan fingerprint density at radius 1 is 1.41 bits per heavy atom. The maximum atomic E-state index is 12.4. The summed E-state index contributed by atoms with van der Waals surface area (Å²) in [5.74, 6) is 0.653. The second-order valence-electron chi connectivity index (χ2n) is 5.33. The van der Waals surface area contributed by atoms with Gasteiger partial charge in [-0.1, -0.05) is 41.1 Å². The van der Waals surface area contributed by atoms with Crippen LogP contribution >= 0.6 is 15.9 Å². The molecule has 17 heavy (non-hydrogen) atoms. The summed E-state index contributed by atoms with van der Waals surface area (Å²) < 4.78 is -0.503. The fourth-order valence-electron chi connectivity index (χ4n) is 2.31. The number of carbonyl (C=O) groups excluding carboxylic acids is 1. The van der Waals surface area contributed by atoms with E-state index in [9.17, 15) is 4.79 Å². The normalized spacial score (nSPS) is 20.0. The summed E-state index contributed by atoms with van der Waals surface area (Å²) in [6, 6.07) is 8.19. The molecule has 2 rings (SSSR count). The van der Waals surface area contributed by atoms with E-state index >= 15 is 0 Å². The fourth-order valence-corrected chi connectivity index (χ4v) is 2.52. The van der Waals surface area contributed by atoms with Crippen LogP contribution in [0.25, 0.3) is 0 Å². The molecule has 1 aromatic carbocycles. The summed E-state index contributed by atoms with van der Waals surface area (Å²) in [6.45, 7) is 6.80. The van der Waals surface area contributed by atoms with Crippen molar-refractivity contribution in [2.75, 3.05) is 11.4 Å². The smallest absolute Gasteiger partial charge is 0.243 e. The van der Waals surface area contributed by atoms with Crippen LogP contribution in [0.2, 0.25) is 0 Å². The van der Waals surface area contributed by atoms with Crippen molar-refractivity contribution in [2.45, 2.75) is 31.5 Å². The summed E-state index contributed by atoms with van der Waals surface area (Å²) in [6.07, 6.45) is 1.06. The van der Waals surface area contributed by atoms with E-state index in [4.69, 9.17) is 0 Å². The molecule has 2 nitrogen and oxygen atoms in total. The van der Waals surface area contributed by atoms with Gasteiger partial charge in [-0.15, -0.1) is 0 Å². The number of amides is 1. The first-order valence-electron chi connectivity index (χ1n) is 5.98. The number of fused-ring (bicyclic) bond motifs is 1. The zero-order chi connectivity index (χ0) is 12.6. The maximum Gasteiger partial charge on any atom is 0.243 e. The number of hydrogen-bond acceptors (Lipinski definition) is 1. The zero-order valence-electron chi connectivity index (χ0n) is 10.5. The Morgan fingerprint density at radius 3 is 2.71 bits per heavy atom. The van der Waals surface area contributed by atoms with Crippen molar-refractivity contribution in [3.05, 3.63) is 29.8 Å². The van der Waals surface area contributed by atoms with Crippen LogP contribution in [-0.2, 0) is 11.2 Å². The number of rotatable bonds is 1. The van der Waals surface area contributed by atoms with E-state index in [2.05, 4.69) is 28.9 Å². The van der Waals surface area contributed by atoms with Gasteiger partial charge in [0.05, 0.1) is 4.32 Å². The van der Waals surface area contributed by atoms with Gasteiger partial charge in [0, 0.05) is 12.2 Å². The number of anilines is 1. The van der Waals surface area contributed by atoms with Gasteiger partial charge in [-0.2, -0.15) is 0 Å². The molecular weight excluding hydrogens is 278 g/mol. The zero-order valence-corrected chi connectivity index (χ0v) is 12.1. The van der Waals surface area contributed by atoms with Gasteiger partial charge >= 0.3 is 0 Å². The Bertz CT molecular complexity index is 436. The van der Waals surface area contributed by atoms with Gasteiger partial charge in [-0.05, 0) is 37.8 Å². The molecule has 0 aromatic heterocycles. The van der Waals surface area contributed by atoms with Crippen LogP contribution in [0.15, 0.2) is 24.3 Å². The fraction of sp³-hybridized carbons (Fsp3) is 0.500. The molecule has 3 heteroatoms. The number of carbonyl (C=O) groups is 1. The van der Waals surface area contributed by atoms with Crippen molar-refractivity contribution in [2.24, 2.45) is 5.92 Å². The molecule has 1 amide bonds. The molecule has 0 aliphatic carbocycles. The minimum Gasteiger partial charge on any atom is -0.311 e. The van der Waals surface area contributed by atoms with E-state index in [1.54, 1.807) is 0 Å². The van der Waals surface area contributed by atoms with E-state index in [0.717, 1.165) is 18.7 Å². The Balaban J connectivity index is 2.40. The molecule has 1 atom stereocenters. The third-order valence-corrected chi connectivity index (χ3v) is 3.44. The number of halogens is 1. The van der Waals surface area contributed by atoms with Crippen LogP contribution in [0.3, 0.4) is 0 Å². The number of alkyl halides is 1. The Hall–Kier alpha value is -0.830. The first-order chi connectivity index (χ1) is 7.89. The van der Waals surface area contributed by atoms with Crippen LogP contribution in [0.4, 0.5) is 5.69 Å². The molecule has 0 saturated heterocycles. The number of para-hydroxylation sites is 1. The lowest BCUT2D eigenvalue weighted by molar-refractivity contribution is -0.120. The van der Waals surface area contributed by atoms with Gasteiger partial charge in [0.1, 0.15) is 0 Å². The quantitative estimate of drug-likeness (QED) is 0.727. The second kappa shape index (κ2) is 4.45. The molecule has 0 fully saturated rings. The highest BCUT2D eigenvalue weighted by molar-refractivity contribution is 9.10. The second-order valence-corrected chi connectivity index (χ2v) is 7.31. The highest BCUT2D eigenvalue weighted by atomic mass is 79.9. The van der Waals surface area contributed by atoms with Gasteiger partial charge in [0.25, 0.3) is 0 Å². The summed E-state index contributed by atoms with van der Waals surface area (Å²) in [7, 11) is 0. The predicted octanol–water partition coefficient (Wildman–Crippen LogP) is 3.39. The van der Waals surface area contributed by atoms with E-state index in [1.807, 2.05) is 36.9 Å². The minimum atomic E-state index is -0.503. The van der Waals surface area contributed by atoms with Crippen LogP contribution < -0.4 is 4.90 Å². The summed E-state index contributed by atoms with van der Waals surface area (Å²) in [5.41, 5.74) is 2.35. The molecule has 1 aromatic rings. The summed E-state index contributed by atoms with van der Waals surface area (Å²) >= 11 is 3.46. The molecule has 0 N–H and O–H groups in total. The van der Waals surface area contributed by atoms with Crippen LogP contribution in [0.1, 0.15) is 26.3 Å². The number of hydrogen-bond donors (Lipinski definition) is 0. The lowest BCUT2D eigenvalue weighted by Crippen LogP contribution is -2.46. The third-order valence-electron chi connectivity index (χ3n) is 3.10. The van der Waals surface area contributed by atoms with Crippen molar-refractivity contribution in [3.63, 3.8) is 0 Å². The van der Waals surface area contributed by atoms with Crippen molar-refractivity contribution >= 4 is 27.5 Å². The predicted molar refractivity (Wildman–Crippen MR) is 74.7 cm³/mol. The first-order valence-corrected chi connectivity index (χ1v) is 6.77. The standard InChI is InChI=1S/C14H18BrNO/c1-10-8-11-6-4-5-7-12(11)16(9-10)13(17)14(2,3)15/h4-7,10H,8-9H2,1-3H3. The molecule has 92 valence electrons. The molecule has 0 spiro atoms. The lowest BCUT2D eigenvalue weighted by atomic mass is 9.93. The average molecular weight is 296 g/mol. The van der Waals surface area contributed by atoms with Crippen LogP contribution in [-0.4, -0.2) is 16.8 Å². The Kier molecular flexibility index (Phi) is 3.30. The van der Waals surface area contributed by atoms with Crippen LogP contribution in [0.5, 0.6) is 0 Å². The van der Waals surface area contributed by atoms with Gasteiger partial charge < -0.3 is 4.90 Å². The topological polar surface area (TPSA) is 20.3 Å².